The first kappa shape index (κ1) is 11.1. The molecule has 0 fully saturated rings. The van der Waals surface area contributed by atoms with Crippen molar-refractivity contribution in [1.29, 1.82) is 0 Å². The molecule has 1 atom stereocenters. The zero-order valence-corrected chi connectivity index (χ0v) is 10.0. The van der Waals surface area contributed by atoms with Crippen LogP contribution in [0.2, 0.25) is 0 Å². The number of rotatable bonds is 2. The molecule has 1 heterocycles. The normalized spacial score (nSPS) is 14.2. The number of benzene rings is 1. The van der Waals surface area contributed by atoms with E-state index in [1.807, 2.05) is 49.6 Å². The summed E-state index contributed by atoms with van der Waals surface area (Å²) in [5.41, 5.74) is 1.94. The molecule has 0 spiro atoms. The highest BCUT2D eigenvalue weighted by Crippen LogP contribution is 2.22. The number of hydrogen-bond donors (Lipinski definition) is 1. The van der Waals surface area contributed by atoms with Crippen LogP contribution in [-0.2, 0) is 6.54 Å². The predicted octanol–water partition coefficient (Wildman–Crippen LogP) is 2.44. The van der Waals surface area contributed by atoms with Crippen molar-refractivity contribution in [2.45, 2.75) is 33.4 Å². The minimum atomic E-state index is -0.370. The number of aliphatic hydroxyl groups excluding tert-OH is 1. The average Bonchev–Trinajstić information content (AvgIpc) is 2.61. The standard InChI is InChI=1S/C13H18N2O/c1-13(2,3)12(16)8-15-9-14-10-6-4-5-7-11(10)15/h4-7,9,12,16H,8H2,1-3H3. The fourth-order valence-corrected chi connectivity index (χ4v) is 1.62. The van der Waals surface area contributed by atoms with Crippen LogP contribution in [0, 0.1) is 5.41 Å². The molecule has 0 radical (unpaired) electrons. The van der Waals surface area contributed by atoms with Crippen LogP contribution in [0.3, 0.4) is 0 Å². The summed E-state index contributed by atoms with van der Waals surface area (Å²) >= 11 is 0. The van der Waals surface area contributed by atoms with Gasteiger partial charge in [-0.15, -0.1) is 0 Å². The number of aliphatic hydroxyl groups is 1. The van der Waals surface area contributed by atoms with Crippen LogP contribution >= 0.6 is 0 Å². The summed E-state index contributed by atoms with van der Waals surface area (Å²) in [6.07, 6.45) is 1.42. The third kappa shape index (κ3) is 2.09. The molecule has 2 aromatic rings. The van der Waals surface area contributed by atoms with E-state index in [1.54, 1.807) is 6.33 Å². The Kier molecular flexibility index (Phi) is 2.72. The smallest absolute Gasteiger partial charge is 0.0959 e. The zero-order chi connectivity index (χ0) is 11.8. The Balaban J connectivity index is 2.28. The number of imidazole rings is 1. The highest BCUT2D eigenvalue weighted by atomic mass is 16.3. The molecule has 16 heavy (non-hydrogen) atoms. The van der Waals surface area contributed by atoms with E-state index >= 15 is 0 Å². The molecule has 0 bridgehead atoms. The van der Waals surface area contributed by atoms with Crippen molar-refractivity contribution in [3.63, 3.8) is 0 Å². The number of fused-ring (bicyclic) bond motifs is 1. The van der Waals surface area contributed by atoms with Crippen LogP contribution in [0.15, 0.2) is 30.6 Å². The first-order chi connectivity index (χ1) is 7.48. The summed E-state index contributed by atoms with van der Waals surface area (Å²) in [5, 5.41) is 10.1. The number of para-hydroxylation sites is 2. The minimum absolute atomic E-state index is 0.106. The Bertz CT molecular complexity index is 482. The lowest BCUT2D eigenvalue weighted by molar-refractivity contribution is 0.0490. The Morgan fingerprint density at radius 3 is 2.69 bits per heavy atom. The average molecular weight is 218 g/mol. The monoisotopic (exact) mass is 218 g/mol. The van der Waals surface area contributed by atoms with Crippen LogP contribution in [-0.4, -0.2) is 20.8 Å². The molecule has 3 heteroatoms. The second-order valence-electron chi connectivity index (χ2n) is 5.27. The highest BCUT2D eigenvalue weighted by molar-refractivity contribution is 5.74. The van der Waals surface area contributed by atoms with E-state index in [0.29, 0.717) is 6.54 Å². The molecule has 86 valence electrons. The Labute approximate surface area is 95.7 Å². The van der Waals surface area contributed by atoms with Gasteiger partial charge in [0.15, 0.2) is 0 Å². The lowest BCUT2D eigenvalue weighted by atomic mass is 9.89. The highest BCUT2D eigenvalue weighted by Gasteiger charge is 2.22. The van der Waals surface area contributed by atoms with Crippen LogP contribution < -0.4 is 0 Å². The molecule has 0 saturated heterocycles. The van der Waals surface area contributed by atoms with E-state index in [-0.39, 0.29) is 11.5 Å². The summed E-state index contributed by atoms with van der Waals surface area (Å²) in [7, 11) is 0. The van der Waals surface area contributed by atoms with E-state index in [0.717, 1.165) is 11.0 Å². The summed E-state index contributed by atoms with van der Waals surface area (Å²) < 4.78 is 2.01. The van der Waals surface area contributed by atoms with E-state index in [4.69, 9.17) is 0 Å². The fourth-order valence-electron chi connectivity index (χ4n) is 1.62. The molecule has 1 aromatic heterocycles. The quantitative estimate of drug-likeness (QED) is 0.840. The molecule has 1 unspecified atom stereocenters. The van der Waals surface area contributed by atoms with Gasteiger partial charge in [0.2, 0.25) is 0 Å². The molecule has 2 rings (SSSR count). The maximum absolute atomic E-state index is 10.1. The van der Waals surface area contributed by atoms with Crippen molar-refractivity contribution in [1.82, 2.24) is 9.55 Å². The molecule has 0 aliphatic rings. The summed E-state index contributed by atoms with van der Waals surface area (Å²) in [4.78, 5) is 4.31. The maximum atomic E-state index is 10.1. The Morgan fingerprint density at radius 2 is 2.00 bits per heavy atom. The maximum Gasteiger partial charge on any atom is 0.0959 e. The van der Waals surface area contributed by atoms with Crippen LogP contribution in [0.5, 0.6) is 0 Å². The van der Waals surface area contributed by atoms with Crippen molar-refractivity contribution in [2.24, 2.45) is 5.41 Å². The Hall–Kier alpha value is -1.35. The Morgan fingerprint density at radius 1 is 1.31 bits per heavy atom. The summed E-state index contributed by atoms with van der Waals surface area (Å²) in [6, 6.07) is 7.97. The van der Waals surface area contributed by atoms with E-state index in [1.165, 1.54) is 0 Å². The number of hydrogen-bond acceptors (Lipinski definition) is 2. The van der Waals surface area contributed by atoms with Crippen molar-refractivity contribution < 1.29 is 5.11 Å². The third-order valence-corrected chi connectivity index (χ3v) is 2.90. The number of aromatic nitrogens is 2. The molecule has 3 nitrogen and oxygen atoms in total. The van der Waals surface area contributed by atoms with E-state index in [2.05, 4.69) is 4.98 Å². The van der Waals surface area contributed by atoms with Gasteiger partial charge in [0.05, 0.1) is 30.0 Å². The van der Waals surface area contributed by atoms with Crippen molar-refractivity contribution >= 4 is 11.0 Å². The van der Waals surface area contributed by atoms with Crippen molar-refractivity contribution in [3.05, 3.63) is 30.6 Å². The van der Waals surface area contributed by atoms with Crippen molar-refractivity contribution in [3.8, 4) is 0 Å². The van der Waals surface area contributed by atoms with Crippen molar-refractivity contribution in [2.75, 3.05) is 0 Å². The molecule has 1 N–H and O–H groups in total. The number of nitrogens with zero attached hydrogens (tertiary/aromatic N) is 2. The van der Waals surface area contributed by atoms with Gasteiger partial charge in [0.25, 0.3) is 0 Å². The van der Waals surface area contributed by atoms with Gasteiger partial charge in [0.1, 0.15) is 0 Å². The van der Waals surface area contributed by atoms with Crippen LogP contribution in [0.25, 0.3) is 11.0 Å². The molecule has 0 amide bonds. The molecule has 0 aliphatic carbocycles. The lowest BCUT2D eigenvalue weighted by Crippen LogP contribution is -2.30. The predicted molar refractivity (Wildman–Crippen MR) is 65.2 cm³/mol. The molecule has 1 aromatic carbocycles. The zero-order valence-electron chi connectivity index (χ0n) is 10.0. The molecule has 0 aliphatic heterocycles. The second-order valence-corrected chi connectivity index (χ2v) is 5.27. The molecular weight excluding hydrogens is 200 g/mol. The van der Waals surface area contributed by atoms with E-state index < -0.39 is 0 Å². The third-order valence-electron chi connectivity index (χ3n) is 2.90. The van der Waals surface area contributed by atoms with Crippen LogP contribution in [0.1, 0.15) is 20.8 Å². The van der Waals surface area contributed by atoms with Gasteiger partial charge in [-0.05, 0) is 17.5 Å². The second kappa shape index (κ2) is 3.91. The lowest BCUT2D eigenvalue weighted by Gasteiger charge is -2.26. The first-order valence-corrected chi connectivity index (χ1v) is 5.56. The molecular formula is C13H18N2O. The van der Waals surface area contributed by atoms with Gasteiger partial charge in [-0.2, -0.15) is 0 Å². The van der Waals surface area contributed by atoms with Gasteiger partial charge >= 0.3 is 0 Å². The van der Waals surface area contributed by atoms with Gasteiger partial charge < -0.3 is 9.67 Å². The minimum Gasteiger partial charge on any atom is -0.391 e. The van der Waals surface area contributed by atoms with Gasteiger partial charge in [-0.25, -0.2) is 4.98 Å². The summed E-state index contributed by atoms with van der Waals surface area (Å²) in [5.74, 6) is 0. The largest absolute Gasteiger partial charge is 0.391 e. The fraction of sp³-hybridized carbons (Fsp3) is 0.462. The SMILES string of the molecule is CC(C)(C)C(O)Cn1cnc2ccccc21. The first-order valence-electron chi connectivity index (χ1n) is 5.56. The van der Waals surface area contributed by atoms with Gasteiger partial charge in [-0.1, -0.05) is 32.9 Å². The van der Waals surface area contributed by atoms with Gasteiger partial charge in [0, 0.05) is 0 Å². The topological polar surface area (TPSA) is 38.0 Å². The van der Waals surface area contributed by atoms with Gasteiger partial charge in [-0.3, -0.25) is 0 Å². The van der Waals surface area contributed by atoms with Crippen LogP contribution in [0.4, 0.5) is 0 Å². The van der Waals surface area contributed by atoms with E-state index in [9.17, 15) is 5.11 Å². The molecule has 0 saturated carbocycles. The summed E-state index contributed by atoms with van der Waals surface area (Å²) in [6.45, 7) is 6.70.